The van der Waals surface area contributed by atoms with Gasteiger partial charge in [0.25, 0.3) is 0 Å². The minimum atomic E-state index is -6.15. The first-order valence-corrected chi connectivity index (χ1v) is 5.65. The normalized spacial score (nSPS) is 13.6. The molecular weight excluding hydrogens is 385 g/mol. The molecule has 2 nitrogen and oxygen atoms in total. The smallest absolute Gasteiger partial charge is 0.443 e. The topological polar surface area (TPSA) is 26.3 Å². The van der Waals surface area contributed by atoms with Gasteiger partial charge in [-0.25, -0.2) is 26.7 Å². The van der Waals surface area contributed by atoms with Gasteiger partial charge in [0.1, 0.15) is 11.1 Å². The molecule has 0 aromatic heterocycles. The summed E-state index contributed by atoms with van der Waals surface area (Å²) in [5.41, 5.74) is -8.77. The van der Waals surface area contributed by atoms with E-state index in [1.54, 1.807) is 0 Å². The molecule has 0 bridgehead atoms. The maximum Gasteiger partial charge on any atom is 0.443 e. The van der Waals surface area contributed by atoms with Gasteiger partial charge < -0.3 is 4.74 Å². The van der Waals surface area contributed by atoms with Crippen molar-refractivity contribution in [2.24, 2.45) is 0 Å². The second-order valence-electron chi connectivity index (χ2n) is 4.18. The number of halogens is 11. The van der Waals surface area contributed by atoms with E-state index in [0.29, 0.717) is 0 Å². The van der Waals surface area contributed by atoms with Crippen molar-refractivity contribution in [1.29, 1.82) is 0 Å². The number of allylic oxidation sites excluding steroid dienone is 1. The van der Waals surface area contributed by atoms with Crippen LogP contribution in [0.2, 0.25) is 0 Å². The molecule has 0 saturated carbocycles. The van der Waals surface area contributed by atoms with Gasteiger partial charge in [0.05, 0.1) is 7.11 Å². The number of alkyl halides is 6. The van der Waals surface area contributed by atoms with E-state index in [2.05, 4.69) is 4.74 Å². The molecule has 0 N–H and O–H groups in total. The van der Waals surface area contributed by atoms with Crippen molar-refractivity contribution in [1.82, 2.24) is 0 Å². The summed E-state index contributed by atoms with van der Waals surface area (Å²) in [5.74, 6) is -18.4. The second kappa shape index (κ2) is 6.52. The van der Waals surface area contributed by atoms with Crippen molar-refractivity contribution in [3.8, 4) is 0 Å². The van der Waals surface area contributed by atoms with E-state index in [-0.39, 0.29) is 7.11 Å². The van der Waals surface area contributed by atoms with Crippen LogP contribution in [0.1, 0.15) is 11.1 Å². The maximum atomic E-state index is 13.7. The van der Waals surface area contributed by atoms with E-state index in [9.17, 15) is 53.1 Å². The van der Waals surface area contributed by atoms with Crippen molar-refractivity contribution >= 4 is 11.5 Å². The van der Waals surface area contributed by atoms with Gasteiger partial charge in [-0.1, -0.05) is 0 Å². The van der Waals surface area contributed by atoms with Crippen molar-refractivity contribution in [3.05, 3.63) is 40.2 Å². The standard InChI is InChI=1S/C12H3F11O2/c1-25-10(24)3(9(17)12(21,22)23)2-4(11(18,19)20)6(14)8(16)7(15)5(2)13/h1H3/b9-3+. The lowest BCUT2D eigenvalue weighted by Crippen LogP contribution is -2.23. The van der Waals surface area contributed by atoms with Crippen LogP contribution in [0.5, 0.6) is 0 Å². The van der Waals surface area contributed by atoms with Gasteiger partial charge in [-0.2, -0.15) is 26.3 Å². The first-order valence-electron chi connectivity index (χ1n) is 5.65. The van der Waals surface area contributed by atoms with E-state index >= 15 is 0 Å². The van der Waals surface area contributed by atoms with E-state index < -0.39 is 64.1 Å². The minimum Gasteiger partial charge on any atom is -0.465 e. The summed E-state index contributed by atoms with van der Waals surface area (Å²) in [5, 5.41) is 0. The number of hydrogen-bond donors (Lipinski definition) is 0. The van der Waals surface area contributed by atoms with Crippen LogP contribution in [0.15, 0.2) is 5.83 Å². The largest absolute Gasteiger partial charge is 0.465 e. The molecule has 0 unspecified atom stereocenters. The highest BCUT2D eigenvalue weighted by molar-refractivity contribution is 6.18. The van der Waals surface area contributed by atoms with Crippen LogP contribution in [0.3, 0.4) is 0 Å². The van der Waals surface area contributed by atoms with Crippen LogP contribution >= 0.6 is 0 Å². The lowest BCUT2D eigenvalue weighted by Gasteiger charge is -2.18. The molecule has 0 aliphatic heterocycles. The summed E-state index contributed by atoms with van der Waals surface area (Å²) in [4.78, 5) is 11.2. The summed E-state index contributed by atoms with van der Waals surface area (Å²) in [7, 11) is 0.271. The average molecular weight is 388 g/mol. The number of benzene rings is 1. The Balaban J connectivity index is 4.19. The molecule has 1 rings (SSSR count). The SMILES string of the molecule is COC(=O)/C(=C(/F)C(F)(F)F)c1c(F)c(F)c(F)c(F)c1C(F)(F)F. The van der Waals surface area contributed by atoms with Crippen LogP contribution in [-0.4, -0.2) is 19.3 Å². The fourth-order valence-electron chi connectivity index (χ4n) is 1.68. The van der Waals surface area contributed by atoms with Gasteiger partial charge in [-0.15, -0.1) is 0 Å². The molecule has 0 aliphatic carbocycles. The lowest BCUT2D eigenvalue weighted by molar-refractivity contribution is -0.141. The van der Waals surface area contributed by atoms with E-state index in [4.69, 9.17) is 0 Å². The van der Waals surface area contributed by atoms with Crippen LogP contribution in [0, 0.1) is 23.3 Å². The molecule has 25 heavy (non-hydrogen) atoms. The van der Waals surface area contributed by atoms with Gasteiger partial charge in [-0.3, -0.25) is 0 Å². The summed E-state index contributed by atoms with van der Waals surface area (Å²) in [6.45, 7) is 0. The Morgan fingerprint density at radius 1 is 0.840 bits per heavy atom. The molecule has 0 atom stereocenters. The van der Waals surface area contributed by atoms with Crippen molar-refractivity contribution in [2.75, 3.05) is 7.11 Å². The van der Waals surface area contributed by atoms with Gasteiger partial charge in [0.15, 0.2) is 23.3 Å². The Kier molecular flexibility index (Phi) is 5.40. The Morgan fingerprint density at radius 3 is 1.64 bits per heavy atom. The molecule has 1 aromatic carbocycles. The third-order valence-electron chi connectivity index (χ3n) is 2.66. The van der Waals surface area contributed by atoms with Crippen LogP contribution < -0.4 is 0 Å². The highest BCUT2D eigenvalue weighted by atomic mass is 19.4. The minimum absolute atomic E-state index is 0.271. The number of carbonyl (C=O) groups is 1. The average Bonchev–Trinajstić information content (AvgIpc) is 2.47. The molecule has 0 aliphatic rings. The highest BCUT2D eigenvalue weighted by Gasteiger charge is 2.48. The van der Waals surface area contributed by atoms with Crippen molar-refractivity contribution < 1.29 is 57.8 Å². The number of carbonyl (C=O) groups excluding carboxylic acids is 1. The molecule has 140 valence electrons. The fraction of sp³-hybridized carbons (Fsp3) is 0.250. The zero-order chi connectivity index (χ0) is 19.9. The van der Waals surface area contributed by atoms with E-state index in [1.807, 2.05) is 0 Å². The zero-order valence-corrected chi connectivity index (χ0v) is 11.5. The molecule has 0 radical (unpaired) electrons. The second-order valence-corrected chi connectivity index (χ2v) is 4.18. The Morgan fingerprint density at radius 2 is 1.28 bits per heavy atom. The molecule has 0 spiro atoms. The van der Waals surface area contributed by atoms with E-state index in [0.717, 1.165) is 0 Å². The fourth-order valence-corrected chi connectivity index (χ4v) is 1.68. The Labute approximate surface area is 130 Å². The van der Waals surface area contributed by atoms with Crippen molar-refractivity contribution in [3.63, 3.8) is 0 Å². The number of methoxy groups -OCH3 is 1. The third kappa shape index (κ3) is 3.69. The summed E-state index contributed by atoms with van der Waals surface area (Å²) in [6.07, 6.45) is -12.3. The van der Waals surface area contributed by atoms with Gasteiger partial charge in [-0.05, 0) is 0 Å². The molecule has 0 saturated heterocycles. The first-order chi connectivity index (χ1) is 11.2. The molecule has 0 fully saturated rings. The third-order valence-corrected chi connectivity index (χ3v) is 2.66. The van der Waals surface area contributed by atoms with E-state index in [1.165, 1.54) is 0 Å². The lowest BCUT2D eigenvalue weighted by atomic mass is 9.96. The Bertz CT molecular complexity index is 743. The summed E-state index contributed by atoms with van der Waals surface area (Å²) >= 11 is 0. The summed E-state index contributed by atoms with van der Waals surface area (Å²) in [6, 6.07) is 0. The number of ether oxygens (including phenoxy) is 1. The molecule has 13 heteroatoms. The number of esters is 1. The molecule has 0 amide bonds. The molecule has 0 heterocycles. The van der Waals surface area contributed by atoms with Crippen LogP contribution in [0.25, 0.3) is 5.57 Å². The van der Waals surface area contributed by atoms with Crippen molar-refractivity contribution in [2.45, 2.75) is 12.4 Å². The zero-order valence-electron chi connectivity index (χ0n) is 11.5. The van der Waals surface area contributed by atoms with Gasteiger partial charge in [0, 0.05) is 5.56 Å². The molecular formula is C12H3F11O2. The van der Waals surface area contributed by atoms with Gasteiger partial charge in [0.2, 0.25) is 5.83 Å². The van der Waals surface area contributed by atoms with Crippen LogP contribution in [0.4, 0.5) is 48.3 Å². The summed E-state index contributed by atoms with van der Waals surface area (Å²) < 4.78 is 146. The van der Waals surface area contributed by atoms with Crippen LogP contribution in [-0.2, 0) is 15.7 Å². The maximum absolute atomic E-state index is 13.7. The predicted molar refractivity (Wildman–Crippen MR) is 57.4 cm³/mol. The Hall–Kier alpha value is -2.34. The number of rotatable bonds is 2. The predicted octanol–water partition coefficient (Wildman–Crippen LogP) is 4.68. The number of hydrogen-bond acceptors (Lipinski definition) is 2. The quantitative estimate of drug-likeness (QED) is 0.242. The first kappa shape index (κ1) is 20.7. The highest BCUT2D eigenvalue weighted by Crippen LogP contribution is 2.43. The molecule has 1 aromatic rings. The monoisotopic (exact) mass is 388 g/mol. The van der Waals surface area contributed by atoms with Gasteiger partial charge >= 0.3 is 18.3 Å².